The fourth-order valence-corrected chi connectivity index (χ4v) is 1.88. The Balaban J connectivity index is 2.45. The van der Waals surface area contributed by atoms with Gasteiger partial charge in [-0.15, -0.1) is 0 Å². The zero-order chi connectivity index (χ0) is 12.8. The molecule has 6 nitrogen and oxygen atoms in total. The number of aliphatic hydroxyl groups excluding tert-OH is 1. The highest BCUT2D eigenvalue weighted by molar-refractivity contribution is 5.75. The molecule has 1 rings (SSSR count). The van der Waals surface area contributed by atoms with E-state index >= 15 is 0 Å². The van der Waals surface area contributed by atoms with Crippen LogP contribution in [0, 0.1) is 0 Å². The summed E-state index contributed by atoms with van der Waals surface area (Å²) in [6.07, 6.45) is 0.855. The van der Waals surface area contributed by atoms with Crippen molar-refractivity contribution in [1.29, 1.82) is 0 Å². The number of carbonyl (C=O) groups excluding carboxylic acids is 1. The molecule has 2 N–H and O–H groups in total. The second-order valence-corrected chi connectivity index (χ2v) is 4.22. The van der Waals surface area contributed by atoms with Gasteiger partial charge < -0.3 is 20.0 Å². The molecule has 0 atom stereocenters. The molecule has 6 heteroatoms. The summed E-state index contributed by atoms with van der Waals surface area (Å²) in [7, 11) is 0. The van der Waals surface area contributed by atoms with Gasteiger partial charge in [-0.3, -0.25) is 4.79 Å². The van der Waals surface area contributed by atoms with Crippen molar-refractivity contribution in [3.05, 3.63) is 0 Å². The average Bonchev–Trinajstić information content (AvgIpc) is 2.30. The topological polar surface area (TPSA) is 81.1 Å². The smallest absolute Gasteiger partial charge is 0.320 e. The number of hydrogen-bond acceptors (Lipinski definition) is 3. The molecule has 1 saturated heterocycles. The summed E-state index contributed by atoms with van der Waals surface area (Å²) in [4.78, 5) is 25.7. The number of carboxylic acids is 1. The number of likely N-dealkylation sites (tertiary alicyclic amines) is 1. The van der Waals surface area contributed by atoms with Crippen molar-refractivity contribution >= 4 is 12.0 Å². The van der Waals surface area contributed by atoms with Crippen LogP contribution in [0.3, 0.4) is 0 Å². The van der Waals surface area contributed by atoms with Crippen molar-refractivity contribution in [2.24, 2.45) is 0 Å². The minimum atomic E-state index is -0.898. The molecule has 2 amide bonds. The molecule has 0 aromatic rings. The third-order valence-corrected chi connectivity index (χ3v) is 2.98. The van der Waals surface area contributed by atoms with Crippen molar-refractivity contribution in [1.82, 2.24) is 9.80 Å². The first kappa shape index (κ1) is 13.8. The van der Waals surface area contributed by atoms with Gasteiger partial charge >= 0.3 is 12.0 Å². The molecule has 1 heterocycles. The molecule has 0 bridgehead atoms. The maximum Gasteiger partial charge on any atom is 0.320 e. The van der Waals surface area contributed by atoms with Crippen molar-refractivity contribution in [3.63, 3.8) is 0 Å². The van der Waals surface area contributed by atoms with Crippen LogP contribution in [0.4, 0.5) is 4.79 Å². The number of amides is 2. The number of carbonyl (C=O) groups is 2. The van der Waals surface area contributed by atoms with E-state index in [0.29, 0.717) is 32.5 Å². The molecule has 0 saturated carbocycles. The van der Waals surface area contributed by atoms with Crippen LogP contribution >= 0.6 is 0 Å². The fraction of sp³-hybridized carbons (Fsp3) is 0.818. The Bertz CT molecular complexity index is 275. The van der Waals surface area contributed by atoms with Crippen molar-refractivity contribution in [2.75, 3.05) is 26.2 Å². The van der Waals surface area contributed by atoms with Crippen LogP contribution in [0.25, 0.3) is 0 Å². The molecule has 1 aliphatic heterocycles. The average molecular weight is 244 g/mol. The molecule has 1 aliphatic rings. The van der Waals surface area contributed by atoms with Crippen molar-refractivity contribution in [3.8, 4) is 0 Å². The quantitative estimate of drug-likeness (QED) is 0.748. The van der Waals surface area contributed by atoms with E-state index in [0.717, 1.165) is 0 Å². The number of aliphatic hydroxyl groups is 1. The number of piperidine rings is 1. The van der Waals surface area contributed by atoms with Crippen LogP contribution in [0.2, 0.25) is 0 Å². The molecule has 0 unspecified atom stereocenters. The van der Waals surface area contributed by atoms with E-state index in [2.05, 4.69) is 0 Å². The third-order valence-electron chi connectivity index (χ3n) is 2.98. The van der Waals surface area contributed by atoms with E-state index in [1.54, 1.807) is 4.90 Å². The van der Waals surface area contributed by atoms with E-state index in [1.807, 2.05) is 6.92 Å². The molecule has 0 radical (unpaired) electrons. The Hall–Kier alpha value is -1.30. The SMILES string of the molecule is CCN(CCC(=O)O)C(=O)N1CCC(O)CC1. The summed E-state index contributed by atoms with van der Waals surface area (Å²) < 4.78 is 0. The van der Waals surface area contributed by atoms with Gasteiger partial charge in [-0.25, -0.2) is 4.79 Å². The lowest BCUT2D eigenvalue weighted by molar-refractivity contribution is -0.137. The van der Waals surface area contributed by atoms with Crippen LogP contribution in [-0.4, -0.2) is 64.3 Å². The number of urea groups is 1. The highest BCUT2D eigenvalue weighted by Crippen LogP contribution is 2.12. The fourth-order valence-electron chi connectivity index (χ4n) is 1.88. The van der Waals surface area contributed by atoms with E-state index in [1.165, 1.54) is 4.90 Å². The zero-order valence-corrected chi connectivity index (χ0v) is 10.1. The van der Waals surface area contributed by atoms with E-state index in [9.17, 15) is 14.7 Å². The largest absolute Gasteiger partial charge is 0.481 e. The molecule has 98 valence electrons. The Kier molecular flexibility index (Phi) is 5.21. The van der Waals surface area contributed by atoms with E-state index in [4.69, 9.17) is 5.11 Å². The third kappa shape index (κ3) is 4.22. The second-order valence-electron chi connectivity index (χ2n) is 4.22. The van der Waals surface area contributed by atoms with Gasteiger partial charge in [0.2, 0.25) is 0 Å². The number of nitrogens with zero attached hydrogens (tertiary/aromatic N) is 2. The van der Waals surface area contributed by atoms with E-state index < -0.39 is 5.97 Å². The Morgan fingerprint density at radius 3 is 2.41 bits per heavy atom. The van der Waals surface area contributed by atoms with Gasteiger partial charge in [-0.05, 0) is 19.8 Å². The molecule has 0 aliphatic carbocycles. The maximum absolute atomic E-state index is 12.0. The lowest BCUT2D eigenvalue weighted by Crippen LogP contribution is -2.48. The maximum atomic E-state index is 12.0. The Labute approximate surface area is 101 Å². The summed E-state index contributed by atoms with van der Waals surface area (Å²) in [5.41, 5.74) is 0. The van der Waals surface area contributed by atoms with Crippen LogP contribution in [0.15, 0.2) is 0 Å². The number of carboxylic acid groups (broad SMARTS) is 1. The van der Waals surface area contributed by atoms with Gasteiger partial charge in [0.25, 0.3) is 0 Å². The van der Waals surface area contributed by atoms with Crippen LogP contribution < -0.4 is 0 Å². The van der Waals surface area contributed by atoms with Crippen molar-refractivity contribution < 1.29 is 19.8 Å². The molecule has 1 fully saturated rings. The lowest BCUT2D eigenvalue weighted by atomic mass is 10.1. The van der Waals surface area contributed by atoms with Gasteiger partial charge in [0, 0.05) is 26.2 Å². The molecule has 0 aromatic heterocycles. The first-order valence-electron chi connectivity index (χ1n) is 5.98. The molecule has 0 spiro atoms. The summed E-state index contributed by atoms with van der Waals surface area (Å²) in [6.45, 7) is 3.67. The van der Waals surface area contributed by atoms with Crippen LogP contribution in [-0.2, 0) is 4.79 Å². The molecular weight excluding hydrogens is 224 g/mol. The first-order valence-corrected chi connectivity index (χ1v) is 5.98. The minimum absolute atomic E-state index is 0.0317. The monoisotopic (exact) mass is 244 g/mol. The Morgan fingerprint density at radius 2 is 1.94 bits per heavy atom. The first-order chi connectivity index (χ1) is 8.04. The summed E-state index contributed by atoms with van der Waals surface area (Å²) in [5.74, 6) is -0.898. The predicted octanol–water partition coefficient (Wildman–Crippen LogP) is 0.360. The van der Waals surface area contributed by atoms with Crippen molar-refractivity contribution in [2.45, 2.75) is 32.3 Å². The highest BCUT2D eigenvalue weighted by atomic mass is 16.4. The Morgan fingerprint density at radius 1 is 1.35 bits per heavy atom. The zero-order valence-electron chi connectivity index (χ0n) is 10.1. The van der Waals surface area contributed by atoms with Crippen LogP contribution in [0.5, 0.6) is 0 Å². The normalized spacial score (nSPS) is 16.9. The summed E-state index contributed by atoms with van der Waals surface area (Å²) in [5, 5.41) is 18.0. The lowest BCUT2D eigenvalue weighted by Gasteiger charge is -2.33. The van der Waals surface area contributed by atoms with E-state index in [-0.39, 0.29) is 25.1 Å². The summed E-state index contributed by atoms with van der Waals surface area (Å²) in [6, 6.07) is -0.124. The van der Waals surface area contributed by atoms with Gasteiger partial charge in [-0.1, -0.05) is 0 Å². The number of aliphatic carboxylic acids is 1. The summed E-state index contributed by atoms with van der Waals surface area (Å²) >= 11 is 0. The number of hydrogen-bond donors (Lipinski definition) is 2. The molecule has 17 heavy (non-hydrogen) atoms. The predicted molar refractivity (Wildman–Crippen MR) is 61.7 cm³/mol. The molecular formula is C11H20N2O4. The minimum Gasteiger partial charge on any atom is -0.481 e. The van der Waals surface area contributed by atoms with Gasteiger partial charge in [0.15, 0.2) is 0 Å². The highest BCUT2D eigenvalue weighted by Gasteiger charge is 2.24. The standard InChI is InChI=1S/C11H20N2O4/c1-2-12(8-5-10(15)16)11(17)13-6-3-9(14)4-7-13/h9,14H,2-8H2,1H3,(H,15,16). The molecule has 0 aromatic carbocycles. The number of rotatable bonds is 4. The van der Waals surface area contributed by atoms with Gasteiger partial charge in [0.1, 0.15) is 0 Å². The van der Waals surface area contributed by atoms with Gasteiger partial charge in [-0.2, -0.15) is 0 Å². The van der Waals surface area contributed by atoms with Crippen LogP contribution in [0.1, 0.15) is 26.2 Å². The second kappa shape index (κ2) is 6.44. The van der Waals surface area contributed by atoms with Gasteiger partial charge in [0.05, 0.1) is 12.5 Å².